The van der Waals surface area contributed by atoms with Gasteiger partial charge in [0.15, 0.2) is 0 Å². The van der Waals surface area contributed by atoms with Gasteiger partial charge in [-0.3, -0.25) is 0 Å². The normalized spacial score (nSPS) is 8.00. The van der Waals surface area contributed by atoms with E-state index in [4.69, 9.17) is 5.26 Å². The highest BCUT2D eigenvalue weighted by atomic mass is 14.2. The van der Waals surface area contributed by atoms with Crippen LogP contribution in [0.15, 0.2) is 24.3 Å². The minimum absolute atomic E-state index is 0.697. The molecule has 0 aromatic heterocycles. The van der Waals surface area contributed by atoms with Gasteiger partial charge in [-0.1, -0.05) is 18.1 Å². The van der Waals surface area contributed by atoms with Crippen molar-refractivity contribution in [1.82, 2.24) is 0 Å². The molecule has 1 aromatic carbocycles. The van der Waals surface area contributed by atoms with Crippen molar-refractivity contribution >= 4 is 0 Å². The Kier molecular flexibility index (Phi) is 2.94. The molecule has 0 spiro atoms. The molecule has 0 saturated heterocycles. The number of hydrogen-bond acceptors (Lipinski definition) is 1. The van der Waals surface area contributed by atoms with Gasteiger partial charge < -0.3 is 0 Å². The summed E-state index contributed by atoms with van der Waals surface area (Å²) >= 11 is 0. The van der Waals surface area contributed by atoms with Gasteiger partial charge in [0, 0.05) is 6.42 Å². The highest BCUT2D eigenvalue weighted by Crippen LogP contribution is 2.02. The first kappa shape index (κ1) is 8.37. The van der Waals surface area contributed by atoms with Crippen molar-refractivity contribution in [1.29, 1.82) is 5.26 Å². The van der Waals surface area contributed by atoms with Crippen molar-refractivity contribution in [3.05, 3.63) is 35.4 Å². The summed E-state index contributed by atoms with van der Waals surface area (Å²) in [6.45, 7) is 1.82. The molecule has 0 saturated carbocycles. The van der Waals surface area contributed by atoms with E-state index in [9.17, 15) is 0 Å². The lowest BCUT2D eigenvalue weighted by Gasteiger charge is -1.93. The maximum atomic E-state index is 8.53. The molecule has 1 aromatic rings. The summed E-state index contributed by atoms with van der Waals surface area (Å²) in [6.07, 6.45) is 0.766. The number of rotatable bonds is 1. The van der Waals surface area contributed by atoms with E-state index in [1.807, 2.05) is 31.2 Å². The molecule has 0 atom stereocenters. The standard InChI is InChI=1S/C11H9N/c1-2-3-4-10-5-7-11(9-12)8-6-10/h5-8H,4H2,1H3. The summed E-state index contributed by atoms with van der Waals surface area (Å²) in [5, 5.41) is 8.53. The van der Waals surface area contributed by atoms with Crippen LogP contribution in [0.25, 0.3) is 0 Å². The molecule has 1 rings (SSSR count). The molecular formula is C11H9N. The monoisotopic (exact) mass is 155 g/mol. The molecule has 0 amide bonds. The van der Waals surface area contributed by atoms with Crippen LogP contribution in [0.4, 0.5) is 0 Å². The molecule has 0 aliphatic heterocycles. The van der Waals surface area contributed by atoms with Crippen molar-refractivity contribution in [2.75, 3.05) is 0 Å². The van der Waals surface area contributed by atoms with Crippen LogP contribution in [-0.2, 0) is 6.42 Å². The van der Waals surface area contributed by atoms with E-state index >= 15 is 0 Å². The molecule has 58 valence electrons. The van der Waals surface area contributed by atoms with Gasteiger partial charge in [0.05, 0.1) is 11.6 Å². The molecule has 1 heteroatoms. The van der Waals surface area contributed by atoms with E-state index in [1.54, 1.807) is 0 Å². The van der Waals surface area contributed by atoms with Gasteiger partial charge in [0.2, 0.25) is 0 Å². The van der Waals surface area contributed by atoms with Crippen LogP contribution >= 0.6 is 0 Å². The smallest absolute Gasteiger partial charge is 0.0991 e. The van der Waals surface area contributed by atoms with Crippen LogP contribution in [0.2, 0.25) is 0 Å². The Bertz CT molecular complexity index is 343. The molecule has 0 heterocycles. The summed E-state index contributed by atoms with van der Waals surface area (Å²) in [5.41, 5.74) is 1.85. The van der Waals surface area contributed by atoms with Gasteiger partial charge in [-0.05, 0) is 24.6 Å². The predicted molar refractivity (Wildman–Crippen MR) is 48.3 cm³/mol. The Hall–Kier alpha value is -1.73. The molecule has 0 fully saturated rings. The molecule has 0 N–H and O–H groups in total. The molecule has 0 aliphatic rings. The second-order valence-corrected chi connectivity index (χ2v) is 2.41. The van der Waals surface area contributed by atoms with Gasteiger partial charge in [0.25, 0.3) is 0 Å². The molecular weight excluding hydrogens is 146 g/mol. The third-order valence-corrected chi connectivity index (χ3v) is 1.55. The van der Waals surface area contributed by atoms with Crippen molar-refractivity contribution in [3.63, 3.8) is 0 Å². The largest absolute Gasteiger partial charge is 0.192 e. The molecule has 0 unspecified atom stereocenters. The van der Waals surface area contributed by atoms with Crippen molar-refractivity contribution in [2.45, 2.75) is 13.3 Å². The molecule has 0 aliphatic carbocycles. The minimum atomic E-state index is 0.697. The van der Waals surface area contributed by atoms with Crippen molar-refractivity contribution < 1.29 is 0 Å². The Morgan fingerprint density at radius 3 is 2.42 bits per heavy atom. The summed E-state index contributed by atoms with van der Waals surface area (Å²) in [6, 6.07) is 9.57. The zero-order valence-corrected chi connectivity index (χ0v) is 6.96. The average molecular weight is 155 g/mol. The Morgan fingerprint density at radius 1 is 1.25 bits per heavy atom. The van der Waals surface area contributed by atoms with Crippen LogP contribution < -0.4 is 0 Å². The topological polar surface area (TPSA) is 23.8 Å². The third kappa shape index (κ3) is 2.15. The van der Waals surface area contributed by atoms with E-state index in [2.05, 4.69) is 17.9 Å². The second kappa shape index (κ2) is 4.21. The van der Waals surface area contributed by atoms with Gasteiger partial charge in [-0.15, -0.1) is 5.92 Å². The molecule has 0 radical (unpaired) electrons. The number of benzene rings is 1. The first-order valence-electron chi connectivity index (χ1n) is 3.75. The van der Waals surface area contributed by atoms with E-state index in [0.29, 0.717) is 5.56 Å². The van der Waals surface area contributed by atoms with Crippen LogP contribution in [0.1, 0.15) is 18.1 Å². The first-order valence-corrected chi connectivity index (χ1v) is 3.75. The van der Waals surface area contributed by atoms with Gasteiger partial charge in [0.1, 0.15) is 0 Å². The number of nitrogens with zero attached hydrogens (tertiary/aromatic N) is 1. The fraction of sp³-hybridized carbons (Fsp3) is 0.182. The Balaban J connectivity index is 2.77. The van der Waals surface area contributed by atoms with E-state index in [-0.39, 0.29) is 0 Å². The van der Waals surface area contributed by atoms with E-state index in [1.165, 1.54) is 0 Å². The highest BCUT2D eigenvalue weighted by molar-refractivity contribution is 5.32. The van der Waals surface area contributed by atoms with E-state index < -0.39 is 0 Å². The maximum Gasteiger partial charge on any atom is 0.0991 e. The van der Waals surface area contributed by atoms with Crippen molar-refractivity contribution in [3.8, 4) is 17.9 Å². The summed E-state index contributed by atoms with van der Waals surface area (Å²) in [7, 11) is 0. The second-order valence-electron chi connectivity index (χ2n) is 2.41. The predicted octanol–water partition coefficient (Wildman–Crippen LogP) is 2.12. The van der Waals surface area contributed by atoms with Crippen LogP contribution in [0.3, 0.4) is 0 Å². The quantitative estimate of drug-likeness (QED) is 0.570. The number of hydrogen-bond donors (Lipinski definition) is 0. The zero-order chi connectivity index (χ0) is 8.81. The lowest BCUT2D eigenvalue weighted by Crippen LogP contribution is -1.81. The third-order valence-electron chi connectivity index (χ3n) is 1.55. The summed E-state index contributed by atoms with van der Waals surface area (Å²) < 4.78 is 0. The molecule has 1 nitrogen and oxygen atoms in total. The van der Waals surface area contributed by atoms with Gasteiger partial charge >= 0.3 is 0 Å². The minimum Gasteiger partial charge on any atom is -0.192 e. The Morgan fingerprint density at radius 2 is 1.92 bits per heavy atom. The maximum absolute atomic E-state index is 8.53. The van der Waals surface area contributed by atoms with E-state index in [0.717, 1.165) is 12.0 Å². The molecule has 0 bridgehead atoms. The SMILES string of the molecule is CC#CCc1ccc(C#N)cc1. The van der Waals surface area contributed by atoms with Crippen LogP contribution in [0.5, 0.6) is 0 Å². The summed E-state index contributed by atoms with van der Waals surface area (Å²) in [5.74, 6) is 5.80. The zero-order valence-electron chi connectivity index (χ0n) is 6.96. The lowest BCUT2D eigenvalue weighted by molar-refractivity contribution is 1.31. The van der Waals surface area contributed by atoms with Crippen LogP contribution in [0, 0.1) is 23.2 Å². The fourth-order valence-electron chi connectivity index (χ4n) is 0.888. The highest BCUT2D eigenvalue weighted by Gasteiger charge is 1.90. The lowest BCUT2D eigenvalue weighted by atomic mass is 10.1. The van der Waals surface area contributed by atoms with Gasteiger partial charge in [-0.25, -0.2) is 0 Å². The summed E-state index contributed by atoms with van der Waals surface area (Å²) in [4.78, 5) is 0. The average Bonchev–Trinajstić information content (AvgIpc) is 2.15. The fourth-order valence-corrected chi connectivity index (χ4v) is 0.888. The Labute approximate surface area is 72.6 Å². The first-order chi connectivity index (χ1) is 5.86. The molecule has 12 heavy (non-hydrogen) atoms. The number of nitriles is 1. The van der Waals surface area contributed by atoms with Crippen LogP contribution in [-0.4, -0.2) is 0 Å². The van der Waals surface area contributed by atoms with Crippen molar-refractivity contribution in [2.24, 2.45) is 0 Å². The van der Waals surface area contributed by atoms with Gasteiger partial charge in [-0.2, -0.15) is 5.26 Å².